The van der Waals surface area contributed by atoms with Gasteiger partial charge in [0.15, 0.2) is 17.3 Å². The van der Waals surface area contributed by atoms with E-state index in [4.69, 9.17) is 10.5 Å². The van der Waals surface area contributed by atoms with Crippen molar-refractivity contribution in [2.24, 2.45) is 7.05 Å². The van der Waals surface area contributed by atoms with Gasteiger partial charge in [-0.3, -0.25) is 4.68 Å². The first-order valence-electron chi connectivity index (χ1n) is 9.67. The Labute approximate surface area is 177 Å². The molecule has 0 saturated carbocycles. The topological polar surface area (TPSA) is 108 Å². The molecule has 5 rings (SSSR count). The van der Waals surface area contributed by atoms with Gasteiger partial charge in [0.05, 0.1) is 17.1 Å². The Hall–Kier alpha value is -4.19. The van der Waals surface area contributed by atoms with E-state index in [2.05, 4.69) is 21.3 Å². The molecular formula is C22H18FN7O. The number of rotatable bonds is 0. The van der Waals surface area contributed by atoms with Crippen LogP contribution in [0.3, 0.4) is 0 Å². The molecule has 4 aromatic rings. The lowest BCUT2D eigenvalue weighted by atomic mass is 10.0. The molecule has 0 radical (unpaired) electrons. The van der Waals surface area contributed by atoms with Crippen molar-refractivity contribution < 1.29 is 9.13 Å². The number of nitriles is 1. The minimum atomic E-state index is -0.537. The second kappa shape index (κ2) is 6.95. The van der Waals surface area contributed by atoms with E-state index in [-0.39, 0.29) is 17.3 Å². The summed E-state index contributed by atoms with van der Waals surface area (Å²) in [7, 11) is 1.79. The third-order valence-electron chi connectivity index (χ3n) is 5.47. The number of benzene rings is 1. The number of hydrogen-bond acceptors (Lipinski definition) is 6. The minimum absolute atomic E-state index is 0.203. The molecule has 8 nitrogen and oxygen atoms in total. The number of anilines is 1. The van der Waals surface area contributed by atoms with Crippen LogP contribution >= 0.6 is 0 Å². The lowest BCUT2D eigenvalue weighted by molar-refractivity contribution is 0.226. The van der Waals surface area contributed by atoms with Gasteiger partial charge in [0, 0.05) is 42.6 Å². The van der Waals surface area contributed by atoms with Crippen LogP contribution in [0.5, 0.6) is 5.75 Å². The molecule has 0 fully saturated rings. The van der Waals surface area contributed by atoms with E-state index < -0.39 is 6.10 Å². The molecule has 0 saturated heterocycles. The van der Waals surface area contributed by atoms with Crippen molar-refractivity contribution in [2.75, 3.05) is 5.73 Å². The number of aromatic nitrogens is 5. The molecule has 1 atom stereocenters. The standard InChI is InChI=1S/C22H18FN7O/c1-12-16-8-14(23)3-4-18(16)30-15(5-6-27-30)9-19-21(17(10-24)28-29(19)2)13-7-20(31-12)22(25)26-11-13/h3-8,11-12H,9H2,1-2H3,(H2,25,26). The quantitative estimate of drug-likeness (QED) is 0.472. The van der Waals surface area contributed by atoms with E-state index in [9.17, 15) is 9.65 Å². The van der Waals surface area contributed by atoms with Crippen LogP contribution in [0.4, 0.5) is 10.2 Å². The van der Waals surface area contributed by atoms with Crippen LogP contribution in [0, 0.1) is 17.1 Å². The molecule has 1 unspecified atom stereocenters. The fraction of sp³-hybridized carbons (Fsp3) is 0.182. The van der Waals surface area contributed by atoms with Crippen LogP contribution in [-0.2, 0) is 13.5 Å². The van der Waals surface area contributed by atoms with Crippen LogP contribution in [-0.4, -0.2) is 24.5 Å². The van der Waals surface area contributed by atoms with E-state index in [0.717, 1.165) is 11.4 Å². The number of halogens is 1. The molecule has 1 aliphatic heterocycles. The summed E-state index contributed by atoms with van der Waals surface area (Å²) in [6.07, 6.45) is 3.21. The fourth-order valence-electron chi connectivity index (χ4n) is 3.98. The molecule has 1 aliphatic rings. The molecule has 0 aliphatic carbocycles. The van der Waals surface area contributed by atoms with Crippen LogP contribution in [0.1, 0.15) is 35.7 Å². The van der Waals surface area contributed by atoms with Crippen molar-refractivity contribution in [3.8, 4) is 28.6 Å². The van der Waals surface area contributed by atoms with Crippen LogP contribution in [0.25, 0.3) is 16.8 Å². The van der Waals surface area contributed by atoms with Crippen LogP contribution < -0.4 is 10.5 Å². The van der Waals surface area contributed by atoms with E-state index in [0.29, 0.717) is 34.5 Å². The van der Waals surface area contributed by atoms with E-state index >= 15 is 0 Å². The minimum Gasteiger partial charge on any atom is -0.482 e. The predicted octanol–water partition coefficient (Wildman–Crippen LogP) is 3.30. The molecule has 0 amide bonds. The summed E-state index contributed by atoms with van der Waals surface area (Å²) >= 11 is 0. The van der Waals surface area contributed by atoms with E-state index in [1.807, 2.05) is 13.0 Å². The Balaban J connectivity index is 1.83. The molecule has 0 spiro atoms. The summed E-state index contributed by atoms with van der Waals surface area (Å²) in [4.78, 5) is 4.27. The Morgan fingerprint density at radius 3 is 2.94 bits per heavy atom. The SMILES string of the molecule is CC1Oc2cc(cnc2N)-c2c(C#N)nn(C)c2Cc2ccnn2-c2ccc(F)cc21. The highest BCUT2D eigenvalue weighted by Crippen LogP contribution is 2.36. The zero-order valence-electron chi connectivity index (χ0n) is 16.9. The molecular weight excluding hydrogens is 397 g/mol. The molecule has 2 N–H and O–H groups in total. The maximum atomic E-state index is 14.2. The molecule has 3 aromatic heterocycles. The van der Waals surface area contributed by atoms with Crippen molar-refractivity contribution in [3.63, 3.8) is 0 Å². The third-order valence-corrected chi connectivity index (χ3v) is 5.47. The monoisotopic (exact) mass is 415 g/mol. The number of hydrogen-bond donors (Lipinski definition) is 1. The highest BCUT2D eigenvalue weighted by Gasteiger charge is 2.24. The molecule has 31 heavy (non-hydrogen) atoms. The van der Waals surface area contributed by atoms with E-state index in [1.54, 1.807) is 40.9 Å². The number of nitrogen functional groups attached to an aromatic ring is 1. The van der Waals surface area contributed by atoms with Gasteiger partial charge in [-0.15, -0.1) is 0 Å². The largest absolute Gasteiger partial charge is 0.482 e. The van der Waals surface area contributed by atoms with Gasteiger partial charge in [0.1, 0.15) is 18.0 Å². The first-order chi connectivity index (χ1) is 15.0. The summed E-state index contributed by atoms with van der Waals surface area (Å²) in [5.74, 6) is 0.178. The Morgan fingerprint density at radius 1 is 1.29 bits per heavy atom. The lowest BCUT2D eigenvalue weighted by Gasteiger charge is -2.21. The van der Waals surface area contributed by atoms with Crippen molar-refractivity contribution >= 4 is 5.82 Å². The van der Waals surface area contributed by atoms with Crippen LogP contribution in [0.2, 0.25) is 0 Å². The normalized spacial score (nSPS) is 14.8. The zero-order chi connectivity index (χ0) is 21.7. The summed E-state index contributed by atoms with van der Waals surface area (Å²) in [5.41, 5.74) is 10.7. The van der Waals surface area contributed by atoms with Gasteiger partial charge in [-0.2, -0.15) is 15.5 Å². The van der Waals surface area contributed by atoms with E-state index in [1.165, 1.54) is 12.1 Å². The zero-order valence-corrected chi connectivity index (χ0v) is 16.9. The summed E-state index contributed by atoms with van der Waals surface area (Å²) < 4.78 is 23.7. The second-order valence-corrected chi connectivity index (χ2v) is 7.39. The van der Waals surface area contributed by atoms with Gasteiger partial charge in [0.25, 0.3) is 0 Å². The fourth-order valence-corrected chi connectivity index (χ4v) is 3.98. The van der Waals surface area contributed by atoms with Gasteiger partial charge < -0.3 is 10.5 Å². The molecule has 4 heterocycles. The highest BCUT2D eigenvalue weighted by molar-refractivity contribution is 5.74. The second-order valence-electron chi connectivity index (χ2n) is 7.39. The maximum absolute atomic E-state index is 14.2. The van der Waals surface area contributed by atoms with Gasteiger partial charge in [-0.05, 0) is 37.3 Å². The van der Waals surface area contributed by atoms with Gasteiger partial charge in [0.2, 0.25) is 0 Å². The smallest absolute Gasteiger partial charge is 0.170 e. The number of fused-ring (bicyclic) bond motifs is 7. The Morgan fingerprint density at radius 2 is 2.13 bits per heavy atom. The van der Waals surface area contributed by atoms with Crippen molar-refractivity contribution in [3.05, 3.63) is 71.2 Å². The molecule has 2 bridgehead atoms. The maximum Gasteiger partial charge on any atom is 0.170 e. The first-order valence-corrected chi connectivity index (χ1v) is 9.67. The Kier molecular flexibility index (Phi) is 4.22. The number of nitrogens with two attached hydrogens (primary N) is 1. The average Bonchev–Trinajstić information content (AvgIpc) is 3.33. The van der Waals surface area contributed by atoms with Gasteiger partial charge in [-0.1, -0.05) is 0 Å². The summed E-state index contributed by atoms with van der Waals surface area (Å²) in [5, 5.41) is 18.5. The third kappa shape index (κ3) is 3.00. The van der Waals surface area contributed by atoms with Gasteiger partial charge >= 0.3 is 0 Å². The van der Waals surface area contributed by atoms with Crippen LogP contribution in [0.15, 0.2) is 42.7 Å². The summed E-state index contributed by atoms with van der Waals surface area (Å²) in [6.45, 7) is 1.82. The lowest BCUT2D eigenvalue weighted by Crippen LogP contribution is -2.14. The predicted molar refractivity (Wildman–Crippen MR) is 111 cm³/mol. The summed E-state index contributed by atoms with van der Waals surface area (Å²) in [6, 6.07) is 10.3. The first kappa shape index (κ1) is 18.8. The van der Waals surface area contributed by atoms with Gasteiger partial charge in [-0.25, -0.2) is 14.1 Å². The number of pyridine rings is 1. The molecule has 9 heteroatoms. The molecule has 1 aromatic carbocycles. The number of aryl methyl sites for hydroxylation is 1. The number of nitrogens with zero attached hydrogens (tertiary/aromatic N) is 6. The Bertz CT molecular complexity index is 1360. The highest BCUT2D eigenvalue weighted by atomic mass is 19.1. The number of ether oxygens (including phenoxy) is 1. The molecule has 154 valence electrons. The van der Waals surface area contributed by atoms with Crippen molar-refractivity contribution in [1.82, 2.24) is 24.5 Å². The average molecular weight is 415 g/mol. The van der Waals surface area contributed by atoms with Crippen molar-refractivity contribution in [2.45, 2.75) is 19.4 Å². The van der Waals surface area contributed by atoms with Crippen molar-refractivity contribution in [1.29, 1.82) is 5.26 Å².